The highest BCUT2D eigenvalue weighted by Crippen LogP contribution is 2.15. The van der Waals surface area contributed by atoms with Gasteiger partial charge in [-0.15, -0.1) is 0 Å². The smallest absolute Gasteiger partial charge is 0.354 e. The fourth-order valence-electron chi connectivity index (χ4n) is 2.03. The SMILES string of the molecule is CC(Oc1ccc(C(=O)O)nc1)C(=O)N1CCCC1. The lowest BCUT2D eigenvalue weighted by Gasteiger charge is -2.21. The summed E-state index contributed by atoms with van der Waals surface area (Å²) in [6, 6.07) is 2.86. The quantitative estimate of drug-likeness (QED) is 0.883. The van der Waals surface area contributed by atoms with Gasteiger partial charge in [-0.3, -0.25) is 4.79 Å². The number of ether oxygens (including phenoxy) is 1. The van der Waals surface area contributed by atoms with Crippen LogP contribution in [0.15, 0.2) is 18.3 Å². The van der Waals surface area contributed by atoms with Gasteiger partial charge in [-0.2, -0.15) is 0 Å². The lowest BCUT2D eigenvalue weighted by molar-refractivity contribution is -0.136. The van der Waals surface area contributed by atoms with Crippen molar-refractivity contribution in [2.45, 2.75) is 25.9 Å². The van der Waals surface area contributed by atoms with E-state index in [4.69, 9.17) is 9.84 Å². The van der Waals surface area contributed by atoms with Gasteiger partial charge in [-0.25, -0.2) is 9.78 Å². The van der Waals surface area contributed by atoms with Crippen LogP contribution in [0.5, 0.6) is 5.75 Å². The third-order valence-corrected chi connectivity index (χ3v) is 3.03. The highest BCUT2D eigenvalue weighted by atomic mass is 16.5. The number of carbonyl (C=O) groups is 2. The van der Waals surface area contributed by atoms with E-state index in [1.54, 1.807) is 11.8 Å². The Morgan fingerprint density at radius 3 is 2.58 bits per heavy atom. The van der Waals surface area contributed by atoms with Gasteiger partial charge in [0.15, 0.2) is 6.10 Å². The Hall–Kier alpha value is -2.11. The molecule has 1 aliphatic rings. The second-order valence-electron chi connectivity index (χ2n) is 4.48. The number of nitrogens with zero attached hydrogens (tertiary/aromatic N) is 2. The first-order valence-corrected chi connectivity index (χ1v) is 6.22. The summed E-state index contributed by atoms with van der Waals surface area (Å²) in [5.41, 5.74) is -0.0501. The van der Waals surface area contributed by atoms with Gasteiger partial charge in [0.25, 0.3) is 5.91 Å². The van der Waals surface area contributed by atoms with Crippen molar-refractivity contribution in [1.29, 1.82) is 0 Å². The number of pyridine rings is 1. The minimum absolute atomic E-state index is 0.0418. The molecule has 1 saturated heterocycles. The molecule has 1 aromatic heterocycles. The van der Waals surface area contributed by atoms with Gasteiger partial charge in [0.1, 0.15) is 11.4 Å². The van der Waals surface area contributed by atoms with Crippen molar-refractivity contribution in [3.05, 3.63) is 24.0 Å². The second-order valence-corrected chi connectivity index (χ2v) is 4.48. The third kappa shape index (κ3) is 3.21. The number of amides is 1. The van der Waals surface area contributed by atoms with Crippen LogP contribution in [0.25, 0.3) is 0 Å². The molecular weight excluding hydrogens is 248 g/mol. The van der Waals surface area contributed by atoms with Crippen molar-refractivity contribution in [3.63, 3.8) is 0 Å². The topological polar surface area (TPSA) is 79.7 Å². The van der Waals surface area contributed by atoms with Crippen molar-refractivity contribution >= 4 is 11.9 Å². The molecule has 2 heterocycles. The van der Waals surface area contributed by atoms with E-state index < -0.39 is 12.1 Å². The van der Waals surface area contributed by atoms with Crippen molar-refractivity contribution in [2.24, 2.45) is 0 Å². The zero-order valence-corrected chi connectivity index (χ0v) is 10.7. The van der Waals surface area contributed by atoms with Gasteiger partial charge in [-0.05, 0) is 31.9 Å². The Bertz CT molecular complexity index is 466. The van der Waals surface area contributed by atoms with Gasteiger partial charge in [-0.1, -0.05) is 0 Å². The molecule has 0 spiro atoms. The molecule has 0 aromatic carbocycles. The van der Waals surface area contributed by atoms with Crippen LogP contribution in [0.1, 0.15) is 30.3 Å². The summed E-state index contributed by atoms with van der Waals surface area (Å²) < 4.78 is 5.48. The van der Waals surface area contributed by atoms with E-state index in [0.717, 1.165) is 25.9 Å². The van der Waals surface area contributed by atoms with E-state index in [2.05, 4.69) is 4.98 Å². The van der Waals surface area contributed by atoms with E-state index in [0.29, 0.717) is 5.75 Å². The van der Waals surface area contributed by atoms with E-state index in [9.17, 15) is 9.59 Å². The van der Waals surface area contributed by atoms with Crippen molar-refractivity contribution in [3.8, 4) is 5.75 Å². The van der Waals surface area contributed by atoms with Gasteiger partial charge in [0.2, 0.25) is 0 Å². The maximum atomic E-state index is 12.0. The fraction of sp³-hybridized carbons (Fsp3) is 0.462. The largest absolute Gasteiger partial charge is 0.479 e. The number of aromatic nitrogens is 1. The van der Waals surface area contributed by atoms with E-state index >= 15 is 0 Å². The summed E-state index contributed by atoms with van der Waals surface area (Å²) in [4.78, 5) is 28.2. The molecule has 0 saturated carbocycles. The number of carbonyl (C=O) groups excluding carboxylic acids is 1. The number of aromatic carboxylic acids is 1. The second kappa shape index (κ2) is 5.69. The van der Waals surface area contributed by atoms with Gasteiger partial charge >= 0.3 is 5.97 Å². The lowest BCUT2D eigenvalue weighted by atomic mass is 10.3. The number of hydrogen-bond acceptors (Lipinski definition) is 4. The molecule has 102 valence electrons. The molecule has 1 amide bonds. The monoisotopic (exact) mass is 264 g/mol. The van der Waals surface area contributed by atoms with Crippen molar-refractivity contribution in [1.82, 2.24) is 9.88 Å². The summed E-state index contributed by atoms with van der Waals surface area (Å²) >= 11 is 0. The molecule has 1 fully saturated rings. The molecule has 19 heavy (non-hydrogen) atoms. The molecule has 1 unspecified atom stereocenters. The first kappa shape index (κ1) is 13.3. The number of hydrogen-bond donors (Lipinski definition) is 1. The van der Waals surface area contributed by atoms with Crippen LogP contribution >= 0.6 is 0 Å². The Balaban J connectivity index is 1.96. The zero-order valence-electron chi connectivity index (χ0n) is 10.7. The predicted molar refractivity (Wildman–Crippen MR) is 67.1 cm³/mol. The van der Waals surface area contributed by atoms with Crippen LogP contribution in [0.2, 0.25) is 0 Å². The van der Waals surface area contributed by atoms with E-state index in [1.807, 2.05) is 0 Å². The maximum Gasteiger partial charge on any atom is 0.354 e. The molecule has 1 atom stereocenters. The summed E-state index contributed by atoms with van der Waals surface area (Å²) in [5.74, 6) is -0.738. The lowest BCUT2D eigenvalue weighted by Crippen LogP contribution is -2.38. The first-order chi connectivity index (χ1) is 9.08. The summed E-state index contributed by atoms with van der Waals surface area (Å²) in [7, 11) is 0. The Labute approximate surface area is 111 Å². The molecule has 1 N–H and O–H groups in total. The van der Waals surface area contributed by atoms with E-state index in [-0.39, 0.29) is 11.6 Å². The highest BCUT2D eigenvalue weighted by molar-refractivity contribution is 5.85. The van der Waals surface area contributed by atoms with Gasteiger partial charge in [0, 0.05) is 13.1 Å². The number of rotatable bonds is 4. The van der Waals surface area contributed by atoms with Gasteiger partial charge in [0.05, 0.1) is 6.20 Å². The average Bonchev–Trinajstić information content (AvgIpc) is 2.92. The highest BCUT2D eigenvalue weighted by Gasteiger charge is 2.24. The number of likely N-dealkylation sites (tertiary alicyclic amines) is 1. The van der Waals surface area contributed by atoms with Crippen LogP contribution in [0, 0.1) is 0 Å². The molecule has 6 nitrogen and oxygen atoms in total. The van der Waals surface area contributed by atoms with Crippen LogP contribution in [0.3, 0.4) is 0 Å². The molecule has 0 radical (unpaired) electrons. The average molecular weight is 264 g/mol. The van der Waals surface area contributed by atoms with Crippen LogP contribution in [-0.4, -0.2) is 46.1 Å². The Kier molecular flexibility index (Phi) is 3.99. The summed E-state index contributed by atoms with van der Waals surface area (Å²) in [5, 5.41) is 8.73. The Morgan fingerprint density at radius 1 is 1.37 bits per heavy atom. The molecule has 1 aromatic rings. The Morgan fingerprint density at radius 2 is 2.05 bits per heavy atom. The summed E-state index contributed by atoms with van der Waals surface area (Å²) in [6.07, 6.45) is 2.80. The van der Waals surface area contributed by atoms with Crippen molar-refractivity contribution in [2.75, 3.05) is 13.1 Å². The number of carboxylic acids is 1. The predicted octanol–water partition coefficient (Wildman–Crippen LogP) is 1.17. The molecule has 6 heteroatoms. The van der Waals surface area contributed by atoms with E-state index in [1.165, 1.54) is 18.3 Å². The minimum Gasteiger partial charge on any atom is -0.479 e. The maximum absolute atomic E-state index is 12.0. The summed E-state index contributed by atoms with van der Waals surface area (Å²) in [6.45, 7) is 3.25. The molecule has 2 rings (SSSR count). The normalized spacial score (nSPS) is 16.2. The molecule has 0 aliphatic carbocycles. The molecule has 0 bridgehead atoms. The fourth-order valence-corrected chi connectivity index (χ4v) is 2.03. The zero-order chi connectivity index (χ0) is 13.8. The number of carboxylic acid groups (broad SMARTS) is 1. The van der Waals surface area contributed by atoms with Gasteiger partial charge < -0.3 is 14.7 Å². The van der Waals surface area contributed by atoms with Crippen molar-refractivity contribution < 1.29 is 19.4 Å². The first-order valence-electron chi connectivity index (χ1n) is 6.22. The molecular formula is C13H16N2O4. The standard InChI is InChI=1S/C13H16N2O4/c1-9(12(16)15-6-2-3-7-15)19-10-4-5-11(13(17)18)14-8-10/h4-5,8-9H,2-3,6-7H2,1H3,(H,17,18). The van der Waals surface area contributed by atoms with Crippen LogP contribution < -0.4 is 4.74 Å². The van der Waals surface area contributed by atoms with Crippen LogP contribution in [-0.2, 0) is 4.79 Å². The van der Waals surface area contributed by atoms with Crippen LogP contribution in [0.4, 0.5) is 0 Å². The minimum atomic E-state index is -1.09. The third-order valence-electron chi connectivity index (χ3n) is 3.03. The molecule has 1 aliphatic heterocycles.